The zero-order valence-corrected chi connectivity index (χ0v) is 11.0. The van der Waals surface area contributed by atoms with Crippen LogP contribution in [0.5, 0.6) is 0 Å². The summed E-state index contributed by atoms with van der Waals surface area (Å²) >= 11 is 0. The predicted molar refractivity (Wildman–Crippen MR) is 75.4 cm³/mol. The fourth-order valence-electron chi connectivity index (χ4n) is 3.46. The second kappa shape index (κ2) is 5.25. The molecule has 1 aromatic rings. The number of rotatable bonds is 4. The van der Waals surface area contributed by atoms with Gasteiger partial charge in [-0.1, -0.05) is 36.4 Å². The first-order chi connectivity index (χ1) is 8.86. The summed E-state index contributed by atoms with van der Waals surface area (Å²) < 4.78 is 0. The molecule has 0 aliphatic carbocycles. The van der Waals surface area contributed by atoms with Gasteiger partial charge < -0.3 is 0 Å². The minimum absolute atomic E-state index is 0.754. The van der Waals surface area contributed by atoms with Gasteiger partial charge in [0.2, 0.25) is 0 Å². The molecule has 2 saturated heterocycles. The molecule has 0 spiro atoms. The molecule has 0 saturated carbocycles. The van der Waals surface area contributed by atoms with Crippen molar-refractivity contribution in [1.82, 2.24) is 9.80 Å². The van der Waals surface area contributed by atoms with Crippen molar-refractivity contribution < 1.29 is 0 Å². The average molecular weight is 242 g/mol. The van der Waals surface area contributed by atoms with Crippen molar-refractivity contribution in [3.05, 3.63) is 48.6 Å². The smallest absolute Gasteiger partial charge is 0.0240 e. The quantitative estimate of drug-likeness (QED) is 0.749. The molecule has 18 heavy (non-hydrogen) atoms. The SMILES string of the molecule is C=CCN1CC2CCC(C1)N2Cc1ccccc1. The van der Waals surface area contributed by atoms with Crippen LogP contribution >= 0.6 is 0 Å². The number of likely N-dealkylation sites (tertiary alicyclic amines) is 1. The number of hydrogen-bond acceptors (Lipinski definition) is 2. The summed E-state index contributed by atoms with van der Waals surface area (Å²) in [6.07, 6.45) is 4.77. The van der Waals surface area contributed by atoms with Gasteiger partial charge in [-0.15, -0.1) is 6.58 Å². The van der Waals surface area contributed by atoms with Crippen molar-refractivity contribution in [1.29, 1.82) is 0 Å². The second-order valence-corrected chi connectivity index (χ2v) is 5.55. The van der Waals surface area contributed by atoms with E-state index in [0.29, 0.717) is 0 Å². The highest BCUT2D eigenvalue weighted by Gasteiger charge is 2.39. The van der Waals surface area contributed by atoms with Crippen molar-refractivity contribution in [2.24, 2.45) is 0 Å². The topological polar surface area (TPSA) is 6.48 Å². The molecule has 2 heteroatoms. The molecule has 2 atom stereocenters. The molecular weight excluding hydrogens is 220 g/mol. The molecule has 2 aliphatic heterocycles. The van der Waals surface area contributed by atoms with Crippen molar-refractivity contribution in [2.75, 3.05) is 19.6 Å². The van der Waals surface area contributed by atoms with Crippen LogP contribution in [-0.2, 0) is 6.54 Å². The van der Waals surface area contributed by atoms with Gasteiger partial charge in [-0.25, -0.2) is 0 Å². The first-order valence-corrected chi connectivity index (χ1v) is 7.00. The number of fused-ring (bicyclic) bond motifs is 2. The lowest BCUT2D eigenvalue weighted by atomic mass is 10.1. The largest absolute Gasteiger partial charge is 0.297 e. The van der Waals surface area contributed by atoms with Gasteiger partial charge in [0.1, 0.15) is 0 Å². The molecule has 2 aliphatic rings. The van der Waals surface area contributed by atoms with Crippen molar-refractivity contribution in [3.63, 3.8) is 0 Å². The maximum absolute atomic E-state index is 3.86. The van der Waals surface area contributed by atoms with E-state index in [1.54, 1.807) is 0 Å². The molecule has 1 aromatic carbocycles. The van der Waals surface area contributed by atoms with E-state index in [9.17, 15) is 0 Å². The van der Waals surface area contributed by atoms with E-state index in [-0.39, 0.29) is 0 Å². The van der Waals surface area contributed by atoms with Gasteiger partial charge in [0, 0.05) is 38.3 Å². The summed E-state index contributed by atoms with van der Waals surface area (Å²) in [6, 6.07) is 12.4. The van der Waals surface area contributed by atoms with Gasteiger partial charge in [-0.05, 0) is 18.4 Å². The highest BCUT2D eigenvalue weighted by atomic mass is 15.3. The van der Waals surface area contributed by atoms with E-state index in [2.05, 4.69) is 46.7 Å². The van der Waals surface area contributed by atoms with E-state index in [4.69, 9.17) is 0 Å². The van der Waals surface area contributed by atoms with Gasteiger partial charge in [0.25, 0.3) is 0 Å². The molecule has 3 rings (SSSR count). The highest BCUT2D eigenvalue weighted by molar-refractivity contribution is 5.15. The summed E-state index contributed by atoms with van der Waals surface area (Å²) in [6.45, 7) is 8.46. The Bertz CT molecular complexity index is 387. The molecule has 2 bridgehead atoms. The van der Waals surface area contributed by atoms with Crippen molar-refractivity contribution in [2.45, 2.75) is 31.5 Å². The molecule has 0 N–H and O–H groups in total. The third-order valence-electron chi connectivity index (χ3n) is 4.30. The van der Waals surface area contributed by atoms with E-state index >= 15 is 0 Å². The van der Waals surface area contributed by atoms with Crippen LogP contribution in [0.25, 0.3) is 0 Å². The van der Waals surface area contributed by atoms with E-state index in [1.165, 1.54) is 31.5 Å². The van der Waals surface area contributed by atoms with Gasteiger partial charge in [0.05, 0.1) is 0 Å². The van der Waals surface area contributed by atoms with Gasteiger partial charge in [0.15, 0.2) is 0 Å². The normalized spacial score (nSPS) is 28.4. The standard InChI is InChI=1S/C16H22N2/c1-2-10-17-12-15-8-9-16(13-17)18(15)11-14-6-4-3-5-7-14/h2-7,15-16H,1,8-13H2. The Hall–Kier alpha value is -1.12. The first kappa shape index (κ1) is 11.9. The molecular formula is C16H22N2. The van der Waals surface area contributed by atoms with E-state index < -0.39 is 0 Å². The number of piperazine rings is 1. The minimum atomic E-state index is 0.754. The lowest BCUT2D eigenvalue weighted by molar-refractivity contribution is 0.0678. The van der Waals surface area contributed by atoms with Gasteiger partial charge in [-0.2, -0.15) is 0 Å². The maximum atomic E-state index is 3.86. The van der Waals surface area contributed by atoms with Crippen molar-refractivity contribution >= 4 is 0 Å². The summed E-state index contributed by atoms with van der Waals surface area (Å²) in [4.78, 5) is 5.27. The molecule has 96 valence electrons. The van der Waals surface area contributed by atoms with Crippen LogP contribution in [0.3, 0.4) is 0 Å². The van der Waals surface area contributed by atoms with Crippen LogP contribution in [0.4, 0.5) is 0 Å². The molecule has 2 nitrogen and oxygen atoms in total. The Kier molecular flexibility index (Phi) is 3.48. The highest BCUT2D eigenvalue weighted by Crippen LogP contribution is 2.31. The summed E-state index contributed by atoms with van der Waals surface area (Å²) in [7, 11) is 0. The van der Waals surface area contributed by atoms with Crippen LogP contribution in [-0.4, -0.2) is 41.5 Å². The predicted octanol–water partition coefficient (Wildman–Crippen LogP) is 2.52. The molecule has 2 unspecified atom stereocenters. The molecule has 0 radical (unpaired) electrons. The lowest BCUT2D eigenvalue weighted by Crippen LogP contribution is -2.53. The molecule has 0 amide bonds. The van der Waals surface area contributed by atoms with Crippen LogP contribution in [0.15, 0.2) is 43.0 Å². The fraction of sp³-hybridized carbons (Fsp3) is 0.500. The van der Waals surface area contributed by atoms with Crippen LogP contribution in [0.2, 0.25) is 0 Å². The third kappa shape index (κ3) is 2.36. The number of nitrogens with zero attached hydrogens (tertiary/aromatic N) is 2. The molecule has 2 heterocycles. The Morgan fingerprint density at radius 2 is 1.78 bits per heavy atom. The van der Waals surface area contributed by atoms with Crippen LogP contribution in [0.1, 0.15) is 18.4 Å². The summed E-state index contributed by atoms with van der Waals surface area (Å²) in [5, 5.41) is 0. The van der Waals surface area contributed by atoms with Crippen molar-refractivity contribution in [3.8, 4) is 0 Å². The monoisotopic (exact) mass is 242 g/mol. The molecule has 0 aromatic heterocycles. The zero-order chi connectivity index (χ0) is 12.4. The van der Waals surface area contributed by atoms with E-state index in [1.807, 2.05) is 6.08 Å². The minimum Gasteiger partial charge on any atom is -0.297 e. The molecule has 2 fully saturated rings. The third-order valence-corrected chi connectivity index (χ3v) is 4.30. The Labute approximate surface area is 110 Å². The zero-order valence-electron chi connectivity index (χ0n) is 11.0. The number of benzene rings is 1. The summed E-state index contributed by atoms with van der Waals surface area (Å²) in [5.41, 5.74) is 1.45. The number of hydrogen-bond donors (Lipinski definition) is 0. The Morgan fingerprint density at radius 1 is 1.11 bits per heavy atom. The lowest BCUT2D eigenvalue weighted by Gasteiger charge is -2.40. The Morgan fingerprint density at radius 3 is 2.39 bits per heavy atom. The fourth-order valence-corrected chi connectivity index (χ4v) is 3.46. The first-order valence-electron chi connectivity index (χ1n) is 7.00. The van der Waals surface area contributed by atoms with Crippen LogP contribution in [0, 0.1) is 0 Å². The van der Waals surface area contributed by atoms with E-state index in [0.717, 1.165) is 25.2 Å². The van der Waals surface area contributed by atoms with Gasteiger partial charge >= 0.3 is 0 Å². The maximum Gasteiger partial charge on any atom is 0.0240 e. The van der Waals surface area contributed by atoms with Crippen LogP contribution < -0.4 is 0 Å². The van der Waals surface area contributed by atoms with Gasteiger partial charge in [-0.3, -0.25) is 9.80 Å². The Balaban J connectivity index is 1.67. The second-order valence-electron chi connectivity index (χ2n) is 5.55. The average Bonchev–Trinajstić information content (AvgIpc) is 2.63. The summed E-state index contributed by atoms with van der Waals surface area (Å²) in [5.74, 6) is 0.